The number of hydrogen-bond donors (Lipinski definition) is 3. The van der Waals surface area contributed by atoms with Gasteiger partial charge in [-0.25, -0.2) is 18.7 Å². The fourth-order valence-electron chi connectivity index (χ4n) is 3.99. The van der Waals surface area contributed by atoms with Crippen molar-refractivity contribution >= 4 is 33.1 Å². The minimum atomic E-state index is -3.33. The lowest BCUT2D eigenvalue weighted by Gasteiger charge is -2.24. The number of hydrogen-bond acceptors (Lipinski definition) is 5. The van der Waals surface area contributed by atoms with Gasteiger partial charge in [-0.3, -0.25) is 4.79 Å². The zero-order valence-electron chi connectivity index (χ0n) is 18.4. The Labute approximate surface area is 198 Å². The molecule has 0 spiro atoms. The first-order valence-electron chi connectivity index (χ1n) is 10.6. The largest absolute Gasteiger partial charge is 0.372 e. The lowest BCUT2D eigenvalue weighted by atomic mass is 10.0. The molecule has 8 nitrogen and oxygen atoms in total. The molecule has 174 valence electrons. The van der Waals surface area contributed by atoms with E-state index in [-0.39, 0.29) is 23.2 Å². The number of anilines is 1. The predicted octanol–water partition coefficient (Wildman–Crippen LogP) is 4.16. The summed E-state index contributed by atoms with van der Waals surface area (Å²) >= 11 is 5.92. The summed E-state index contributed by atoms with van der Waals surface area (Å²) in [5.41, 5.74) is 2.54. The van der Waals surface area contributed by atoms with Gasteiger partial charge in [-0.05, 0) is 37.5 Å². The number of aromatic nitrogens is 2. The van der Waals surface area contributed by atoms with Crippen LogP contribution in [-0.2, 0) is 34.7 Å². The van der Waals surface area contributed by atoms with Gasteiger partial charge >= 0.3 is 0 Å². The van der Waals surface area contributed by atoms with Gasteiger partial charge in [0.05, 0.1) is 17.6 Å². The predicted molar refractivity (Wildman–Crippen MR) is 128 cm³/mol. The molecule has 2 unspecified atom stereocenters. The second-order valence-corrected chi connectivity index (χ2v) is 10.2. The Kier molecular flexibility index (Phi) is 6.85. The van der Waals surface area contributed by atoms with Crippen molar-refractivity contribution < 1.29 is 13.7 Å². The maximum absolute atomic E-state index is 13.4. The molecule has 0 fully saturated rings. The summed E-state index contributed by atoms with van der Waals surface area (Å²) in [5, 5.41) is 3.08. The van der Waals surface area contributed by atoms with Crippen LogP contribution in [0.5, 0.6) is 0 Å². The van der Waals surface area contributed by atoms with Crippen LogP contribution >= 0.6 is 11.6 Å². The van der Waals surface area contributed by atoms with Crippen molar-refractivity contribution in [2.24, 2.45) is 7.05 Å². The van der Waals surface area contributed by atoms with E-state index in [2.05, 4.69) is 15.0 Å². The third kappa shape index (κ3) is 5.27. The SMILES string of the molecule is C[C@@H](OCc1ccccc1)C1CCc2c(cn(C)c2C(=O)Nc2ccnc(Cl)c2)S(=N)(=O)N1. The van der Waals surface area contributed by atoms with E-state index in [0.29, 0.717) is 41.3 Å². The Morgan fingerprint density at radius 2 is 2.15 bits per heavy atom. The number of halogens is 1. The second-order valence-electron chi connectivity index (χ2n) is 8.07. The van der Waals surface area contributed by atoms with E-state index in [1.165, 1.54) is 6.20 Å². The number of nitrogens with one attached hydrogen (secondary N) is 3. The summed E-state index contributed by atoms with van der Waals surface area (Å²) in [6, 6.07) is 12.7. The highest BCUT2D eigenvalue weighted by molar-refractivity contribution is 7.90. The van der Waals surface area contributed by atoms with Crippen LogP contribution in [0.15, 0.2) is 59.8 Å². The number of fused-ring (bicyclic) bond motifs is 1. The third-order valence-electron chi connectivity index (χ3n) is 5.70. The van der Waals surface area contributed by atoms with Crippen LogP contribution in [0.4, 0.5) is 5.69 Å². The van der Waals surface area contributed by atoms with Crippen LogP contribution in [0.25, 0.3) is 0 Å². The molecule has 0 bridgehead atoms. The fraction of sp³-hybridized carbons (Fsp3) is 0.304. The topological polar surface area (TPSA) is 109 Å². The smallest absolute Gasteiger partial charge is 0.272 e. The molecular formula is C23H26ClN5O3S. The molecule has 0 saturated heterocycles. The van der Waals surface area contributed by atoms with Gasteiger partial charge in [0.1, 0.15) is 20.8 Å². The number of pyridine rings is 1. The Balaban J connectivity index is 1.53. The highest BCUT2D eigenvalue weighted by atomic mass is 35.5. The van der Waals surface area contributed by atoms with E-state index in [9.17, 15) is 9.00 Å². The van der Waals surface area contributed by atoms with Gasteiger partial charge in [0, 0.05) is 36.7 Å². The number of ether oxygens (including phenoxy) is 1. The van der Waals surface area contributed by atoms with E-state index in [0.717, 1.165) is 5.56 Å². The van der Waals surface area contributed by atoms with Crippen molar-refractivity contribution in [2.45, 2.75) is 43.4 Å². The molecule has 3 atom stereocenters. The average molecular weight is 488 g/mol. The van der Waals surface area contributed by atoms with Crippen LogP contribution in [0.3, 0.4) is 0 Å². The number of benzene rings is 1. The Morgan fingerprint density at radius 1 is 1.39 bits per heavy atom. The molecule has 3 N–H and O–H groups in total. The lowest BCUT2D eigenvalue weighted by molar-refractivity contribution is 0.0308. The highest BCUT2D eigenvalue weighted by Crippen LogP contribution is 2.29. The summed E-state index contributed by atoms with van der Waals surface area (Å²) in [6.07, 6.45) is 3.90. The van der Waals surface area contributed by atoms with E-state index in [1.54, 1.807) is 29.9 Å². The molecule has 0 radical (unpaired) electrons. The van der Waals surface area contributed by atoms with E-state index >= 15 is 0 Å². The molecule has 4 rings (SSSR count). The molecule has 1 aromatic carbocycles. The normalized spacial score (nSPS) is 21.1. The Morgan fingerprint density at radius 3 is 2.88 bits per heavy atom. The summed E-state index contributed by atoms with van der Waals surface area (Å²) in [4.78, 5) is 17.3. The van der Waals surface area contributed by atoms with E-state index < -0.39 is 9.92 Å². The average Bonchev–Trinajstić information content (AvgIpc) is 3.06. The monoisotopic (exact) mass is 487 g/mol. The van der Waals surface area contributed by atoms with Gasteiger partial charge in [0.25, 0.3) is 5.91 Å². The van der Waals surface area contributed by atoms with Gasteiger partial charge < -0.3 is 14.6 Å². The van der Waals surface area contributed by atoms with Crippen molar-refractivity contribution in [3.8, 4) is 0 Å². The number of carbonyl (C=O) groups excluding carboxylic acids is 1. The standard InChI is InChI=1S/C23H26ClN5O3S/c1-15(32-14-16-6-4-3-5-7-16)19-9-8-18-20(33(25,31)28-19)13-29(2)22(18)23(30)27-17-10-11-26-21(24)12-17/h3-7,10-13,15,19H,8-9,14H2,1-2H3,(H2,25,28,31)(H,26,27,30)/t15-,19?,33?/m1/s1. The van der Waals surface area contributed by atoms with Crippen molar-refractivity contribution in [1.82, 2.24) is 14.3 Å². The van der Waals surface area contributed by atoms with Crippen LogP contribution in [0.2, 0.25) is 5.15 Å². The van der Waals surface area contributed by atoms with Crippen molar-refractivity contribution in [2.75, 3.05) is 5.32 Å². The molecule has 1 aliphatic heterocycles. The van der Waals surface area contributed by atoms with Gasteiger partial charge in [-0.1, -0.05) is 41.9 Å². The van der Waals surface area contributed by atoms with Gasteiger partial charge in [-0.2, -0.15) is 0 Å². The fourth-order valence-corrected chi connectivity index (χ4v) is 5.88. The van der Waals surface area contributed by atoms with Crippen LogP contribution in [-0.4, -0.2) is 31.8 Å². The maximum atomic E-state index is 13.4. The molecule has 1 aliphatic rings. The summed E-state index contributed by atoms with van der Waals surface area (Å²) in [7, 11) is -1.62. The molecule has 1 amide bonds. The molecule has 10 heteroatoms. The highest BCUT2D eigenvalue weighted by Gasteiger charge is 2.33. The van der Waals surface area contributed by atoms with Gasteiger partial charge in [0.15, 0.2) is 0 Å². The lowest BCUT2D eigenvalue weighted by Crippen LogP contribution is -2.41. The molecule has 33 heavy (non-hydrogen) atoms. The summed E-state index contributed by atoms with van der Waals surface area (Å²) in [6.45, 7) is 2.34. The molecule has 3 aromatic rings. The molecule has 0 aliphatic carbocycles. The zero-order chi connectivity index (χ0) is 23.6. The quantitative estimate of drug-likeness (QED) is 0.453. The number of carbonyl (C=O) groups is 1. The molecule has 3 heterocycles. The first kappa shape index (κ1) is 23.4. The van der Waals surface area contributed by atoms with Crippen molar-refractivity contribution in [3.63, 3.8) is 0 Å². The molecular weight excluding hydrogens is 462 g/mol. The minimum Gasteiger partial charge on any atom is -0.372 e. The molecule has 0 saturated carbocycles. The van der Waals surface area contributed by atoms with E-state index in [1.807, 2.05) is 37.3 Å². The first-order chi connectivity index (χ1) is 15.7. The third-order valence-corrected chi connectivity index (χ3v) is 7.51. The van der Waals surface area contributed by atoms with Gasteiger partial charge in [0.2, 0.25) is 0 Å². The van der Waals surface area contributed by atoms with Crippen molar-refractivity contribution in [1.29, 1.82) is 4.78 Å². The number of amides is 1. The Hall–Kier alpha value is -2.72. The summed E-state index contributed by atoms with van der Waals surface area (Å²) < 4.78 is 32.5. The summed E-state index contributed by atoms with van der Waals surface area (Å²) in [5.74, 6) is -0.358. The first-order valence-corrected chi connectivity index (χ1v) is 12.5. The van der Waals surface area contributed by atoms with Crippen molar-refractivity contribution in [3.05, 3.63) is 76.8 Å². The van der Waals surface area contributed by atoms with Crippen LogP contribution in [0.1, 0.15) is 35.0 Å². The Bertz CT molecular complexity index is 1260. The zero-order valence-corrected chi connectivity index (χ0v) is 19.9. The number of nitrogens with zero attached hydrogens (tertiary/aromatic N) is 2. The second kappa shape index (κ2) is 9.64. The van der Waals surface area contributed by atoms with Crippen LogP contribution < -0.4 is 10.0 Å². The number of rotatable bonds is 6. The van der Waals surface area contributed by atoms with E-state index in [4.69, 9.17) is 21.1 Å². The van der Waals surface area contributed by atoms with Gasteiger partial charge in [-0.15, -0.1) is 0 Å². The maximum Gasteiger partial charge on any atom is 0.272 e. The number of aryl methyl sites for hydroxylation is 1. The molecule has 2 aromatic heterocycles. The minimum absolute atomic E-state index is 0.268. The van der Waals surface area contributed by atoms with Crippen LogP contribution in [0, 0.1) is 4.78 Å².